The zero-order chi connectivity index (χ0) is 15.9. The second kappa shape index (κ2) is 7.08. The van der Waals surface area contributed by atoms with Crippen LogP contribution in [0, 0.1) is 6.92 Å². The highest BCUT2D eigenvalue weighted by Gasteiger charge is 2.05. The zero-order valence-corrected chi connectivity index (χ0v) is 12.3. The van der Waals surface area contributed by atoms with Gasteiger partial charge < -0.3 is 5.32 Å². The molecule has 0 radical (unpaired) electrons. The summed E-state index contributed by atoms with van der Waals surface area (Å²) in [6.45, 7) is 9.10. The van der Waals surface area contributed by atoms with Gasteiger partial charge in [-0.15, -0.1) is 0 Å². The molecular weight excluding hydrogens is 276 g/mol. The van der Waals surface area contributed by atoms with Crippen LogP contribution < -0.4 is 5.32 Å². The number of hydrogen-bond acceptors (Lipinski definition) is 5. The van der Waals surface area contributed by atoms with E-state index in [1.54, 1.807) is 36.7 Å². The highest BCUT2D eigenvalue weighted by atomic mass is 16.1. The number of aromatic nitrogens is 2. The molecule has 2 rings (SSSR count). The molecule has 0 bridgehead atoms. The highest BCUT2D eigenvalue weighted by molar-refractivity contribution is 5.78. The fraction of sp³-hybridized carbons (Fsp3) is 0.0588. The van der Waals surface area contributed by atoms with Gasteiger partial charge in [0.1, 0.15) is 6.29 Å². The number of carbonyl (C=O) groups is 1. The van der Waals surface area contributed by atoms with Crippen molar-refractivity contribution in [3.8, 4) is 0 Å². The van der Waals surface area contributed by atoms with Gasteiger partial charge in [-0.3, -0.25) is 9.79 Å². The number of allylic oxidation sites excluding steroid dienone is 2. The first-order chi connectivity index (χ1) is 10.7. The lowest BCUT2D eigenvalue weighted by Crippen LogP contribution is -2.01. The van der Waals surface area contributed by atoms with Crippen molar-refractivity contribution in [1.82, 2.24) is 9.97 Å². The van der Waals surface area contributed by atoms with Crippen LogP contribution >= 0.6 is 0 Å². The molecular formula is C17H16N4O. The lowest BCUT2D eigenvalue weighted by molar-refractivity contribution is 0.112. The SMILES string of the molecule is C=C/C(=C\N=C)c1ccnc(Nc2cc(C=O)ccc2C)n1. The number of nitrogens with zero attached hydrogens (tertiary/aromatic N) is 3. The van der Waals surface area contributed by atoms with Crippen molar-refractivity contribution in [3.63, 3.8) is 0 Å². The number of hydrogen-bond donors (Lipinski definition) is 1. The molecule has 2 aromatic rings. The Balaban J connectivity index is 2.35. The quantitative estimate of drug-likeness (QED) is 0.502. The smallest absolute Gasteiger partial charge is 0.227 e. The molecule has 0 aliphatic carbocycles. The third kappa shape index (κ3) is 3.52. The van der Waals surface area contributed by atoms with Crippen LogP contribution in [-0.2, 0) is 0 Å². The van der Waals surface area contributed by atoms with E-state index in [9.17, 15) is 4.79 Å². The molecule has 0 atom stereocenters. The molecule has 0 fully saturated rings. The van der Waals surface area contributed by atoms with Crippen molar-refractivity contribution in [2.24, 2.45) is 4.99 Å². The molecule has 110 valence electrons. The van der Waals surface area contributed by atoms with E-state index in [1.165, 1.54) is 0 Å². The largest absolute Gasteiger partial charge is 0.324 e. The van der Waals surface area contributed by atoms with Crippen LogP contribution in [0.15, 0.2) is 54.3 Å². The van der Waals surface area contributed by atoms with E-state index >= 15 is 0 Å². The summed E-state index contributed by atoms with van der Waals surface area (Å²) in [6, 6.07) is 7.15. The Bertz CT molecular complexity index is 750. The number of carbonyl (C=O) groups excluding carboxylic acids is 1. The summed E-state index contributed by atoms with van der Waals surface area (Å²) in [6.07, 6.45) is 5.68. The predicted molar refractivity (Wildman–Crippen MR) is 89.6 cm³/mol. The molecule has 0 unspecified atom stereocenters. The van der Waals surface area contributed by atoms with Crippen molar-refractivity contribution in [2.45, 2.75) is 6.92 Å². The van der Waals surface area contributed by atoms with E-state index < -0.39 is 0 Å². The summed E-state index contributed by atoms with van der Waals surface area (Å²) in [5.74, 6) is 0.431. The minimum Gasteiger partial charge on any atom is -0.324 e. The molecule has 5 heteroatoms. The number of aldehydes is 1. The standard InChI is InChI=1S/C17H16N4O/c1-4-14(10-18-3)15-7-8-19-17(20-15)21-16-9-13(11-22)6-5-12(16)2/h4-11H,1,3H2,2H3,(H,19,20,21)/b14-10+. The van der Waals surface area contributed by atoms with Crippen molar-refractivity contribution in [3.05, 3.63) is 66.1 Å². The Morgan fingerprint density at radius 2 is 2.18 bits per heavy atom. The van der Waals surface area contributed by atoms with Gasteiger partial charge in [0.25, 0.3) is 0 Å². The Morgan fingerprint density at radius 3 is 2.86 bits per heavy atom. The second-order valence-corrected chi connectivity index (χ2v) is 4.55. The molecule has 0 saturated heterocycles. The molecule has 0 saturated carbocycles. The average molecular weight is 292 g/mol. The van der Waals surface area contributed by atoms with Crippen LogP contribution in [0.4, 0.5) is 11.6 Å². The molecule has 1 aromatic carbocycles. The van der Waals surface area contributed by atoms with Crippen molar-refractivity contribution in [2.75, 3.05) is 5.32 Å². The first kappa shape index (κ1) is 15.3. The third-order valence-electron chi connectivity index (χ3n) is 3.05. The zero-order valence-electron chi connectivity index (χ0n) is 12.3. The lowest BCUT2D eigenvalue weighted by Gasteiger charge is -2.09. The summed E-state index contributed by atoms with van der Waals surface area (Å²) >= 11 is 0. The molecule has 0 aliphatic heterocycles. The normalized spacial score (nSPS) is 10.9. The highest BCUT2D eigenvalue weighted by Crippen LogP contribution is 2.21. The van der Waals surface area contributed by atoms with Gasteiger partial charge >= 0.3 is 0 Å². The number of benzene rings is 1. The number of aliphatic imine (C=N–C) groups is 1. The molecule has 0 spiro atoms. The molecule has 0 amide bonds. The van der Waals surface area contributed by atoms with Crippen LogP contribution in [0.5, 0.6) is 0 Å². The Morgan fingerprint density at radius 1 is 1.36 bits per heavy atom. The average Bonchev–Trinajstić information content (AvgIpc) is 2.55. The maximum atomic E-state index is 10.9. The van der Waals surface area contributed by atoms with Crippen molar-refractivity contribution in [1.29, 1.82) is 0 Å². The van der Waals surface area contributed by atoms with E-state index in [0.29, 0.717) is 17.2 Å². The fourth-order valence-electron chi connectivity index (χ4n) is 1.87. The minimum atomic E-state index is 0.431. The summed E-state index contributed by atoms with van der Waals surface area (Å²) in [5, 5.41) is 3.12. The lowest BCUT2D eigenvalue weighted by atomic mass is 10.1. The van der Waals surface area contributed by atoms with E-state index in [0.717, 1.165) is 23.1 Å². The van der Waals surface area contributed by atoms with Gasteiger partial charge in [-0.05, 0) is 31.3 Å². The maximum absolute atomic E-state index is 10.9. The van der Waals surface area contributed by atoms with Gasteiger partial charge in [0, 0.05) is 29.2 Å². The number of rotatable bonds is 6. The van der Waals surface area contributed by atoms with Gasteiger partial charge in [0.05, 0.1) is 5.69 Å². The molecule has 1 N–H and O–H groups in total. The fourth-order valence-corrected chi connectivity index (χ4v) is 1.87. The minimum absolute atomic E-state index is 0.431. The molecule has 5 nitrogen and oxygen atoms in total. The number of nitrogens with one attached hydrogen (secondary N) is 1. The summed E-state index contributed by atoms with van der Waals surface area (Å²) in [5.41, 5.74) is 3.80. The Kier molecular flexibility index (Phi) is 4.93. The van der Waals surface area contributed by atoms with Gasteiger partial charge in [0.15, 0.2) is 0 Å². The molecule has 0 aliphatic rings. The summed E-state index contributed by atoms with van der Waals surface area (Å²) < 4.78 is 0. The Labute approximate surface area is 129 Å². The van der Waals surface area contributed by atoms with Gasteiger partial charge in [-0.25, -0.2) is 9.97 Å². The van der Waals surface area contributed by atoms with Crippen LogP contribution in [-0.4, -0.2) is 23.0 Å². The summed E-state index contributed by atoms with van der Waals surface area (Å²) in [4.78, 5) is 23.2. The van der Waals surface area contributed by atoms with Crippen molar-refractivity contribution >= 4 is 30.2 Å². The number of aryl methyl sites for hydroxylation is 1. The van der Waals surface area contributed by atoms with Crippen LogP contribution in [0.1, 0.15) is 21.6 Å². The molecule has 1 heterocycles. The van der Waals surface area contributed by atoms with Gasteiger partial charge in [0.2, 0.25) is 5.95 Å². The van der Waals surface area contributed by atoms with Crippen LogP contribution in [0.25, 0.3) is 5.57 Å². The first-order valence-electron chi connectivity index (χ1n) is 6.62. The molecule has 1 aromatic heterocycles. The molecule has 22 heavy (non-hydrogen) atoms. The summed E-state index contributed by atoms with van der Waals surface area (Å²) in [7, 11) is 0. The van der Waals surface area contributed by atoms with E-state index in [2.05, 4.69) is 33.6 Å². The van der Waals surface area contributed by atoms with Crippen LogP contribution in [0.2, 0.25) is 0 Å². The van der Waals surface area contributed by atoms with E-state index in [4.69, 9.17) is 0 Å². The maximum Gasteiger partial charge on any atom is 0.227 e. The Hall–Kier alpha value is -3.08. The predicted octanol–water partition coefficient (Wildman–Crippen LogP) is 3.57. The number of anilines is 2. The van der Waals surface area contributed by atoms with Gasteiger partial charge in [-0.1, -0.05) is 24.8 Å². The van der Waals surface area contributed by atoms with Gasteiger partial charge in [-0.2, -0.15) is 0 Å². The van der Waals surface area contributed by atoms with Crippen LogP contribution in [0.3, 0.4) is 0 Å². The third-order valence-corrected chi connectivity index (χ3v) is 3.05. The topological polar surface area (TPSA) is 67.2 Å². The van der Waals surface area contributed by atoms with E-state index in [1.807, 2.05) is 13.0 Å². The van der Waals surface area contributed by atoms with E-state index in [-0.39, 0.29) is 0 Å². The second-order valence-electron chi connectivity index (χ2n) is 4.55. The first-order valence-corrected chi connectivity index (χ1v) is 6.62. The monoisotopic (exact) mass is 292 g/mol. The van der Waals surface area contributed by atoms with Crippen molar-refractivity contribution < 1.29 is 4.79 Å².